The molecule has 21 nitrogen and oxygen atoms in total. The molecule has 7 aromatic heterocycles. The van der Waals surface area contributed by atoms with E-state index in [1.807, 2.05) is 98.2 Å². The van der Waals surface area contributed by atoms with Gasteiger partial charge >= 0.3 is 6.18 Å². The van der Waals surface area contributed by atoms with Gasteiger partial charge in [0, 0.05) is 174 Å². The van der Waals surface area contributed by atoms with Crippen LogP contribution < -0.4 is 11.5 Å². The minimum absolute atomic E-state index is 0.0115. The van der Waals surface area contributed by atoms with Crippen LogP contribution in [0.5, 0.6) is 0 Å². The molecule has 0 aliphatic carbocycles. The number of anilines is 2. The smallest absolute Gasteiger partial charge is 0.399 e. The Kier molecular flexibility index (Phi) is 23.2. The molecule has 4 aliphatic rings. The highest BCUT2D eigenvalue weighted by molar-refractivity contribution is 7.91. The first-order valence-electron chi connectivity index (χ1n) is 38.3. The van der Waals surface area contributed by atoms with Crippen LogP contribution in [0.4, 0.5) is 24.5 Å². The highest BCUT2D eigenvalue weighted by Crippen LogP contribution is 2.42. The molecule has 0 fully saturated rings. The van der Waals surface area contributed by atoms with Crippen LogP contribution in [0.1, 0.15) is 53.5 Å². The van der Waals surface area contributed by atoms with Gasteiger partial charge in [0.15, 0.2) is 5.65 Å². The number of nitrogen functional groups attached to an aromatic ring is 2. The maximum atomic E-state index is 13.6. The summed E-state index contributed by atoms with van der Waals surface area (Å²) in [6.07, 6.45) is 22.7. The van der Waals surface area contributed by atoms with Gasteiger partial charge in [-0.25, -0.2) is 54.5 Å². The molecule has 11 heterocycles. The second-order valence-electron chi connectivity index (χ2n) is 29.7. The number of hydrogen-bond acceptors (Lipinski definition) is 17. The minimum atomic E-state index is -4.52. The van der Waals surface area contributed by atoms with E-state index in [1.165, 1.54) is 71.7 Å². The van der Waals surface area contributed by atoms with Crippen LogP contribution in [0.2, 0.25) is 0 Å². The highest BCUT2D eigenvalue weighted by atomic mass is 32.2. The van der Waals surface area contributed by atoms with Crippen LogP contribution in [-0.2, 0) is 46.3 Å². The fourth-order valence-electron chi connectivity index (χ4n) is 15.0. The van der Waals surface area contributed by atoms with E-state index in [9.17, 15) is 46.8 Å². The van der Waals surface area contributed by atoms with Crippen LogP contribution in [0.25, 0.3) is 88.3 Å². The largest absolute Gasteiger partial charge is 0.416 e. The van der Waals surface area contributed by atoms with Gasteiger partial charge in [0.2, 0.25) is 0 Å². The van der Waals surface area contributed by atoms with Crippen molar-refractivity contribution in [2.75, 3.05) is 92.0 Å². The fourth-order valence-corrected chi connectivity index (χ4v) is 20.5. The molecule has 0 amide bonds. The minimum Gasteiger partial charge on any atom is -0.399 e. The van der Waals surface area contributed by atoms with E-state index in [-0.39, 0.29) is 30.5 Å². The van der Waals surface area contributed by atoms with Crippen molar-refractivity contribution in [1.29, 1.82) is 0 Å². The Morgan fingerprint density at radius 3 is 1.12 bits per heavy atom. The van der Waals surface area contributed by atoms with Crippen LogP contribution in [-0.4, -0.2) is 165 Å². The summed E-state index contributed by atoms with van der Waals surface area (Å²) in [5.41, 5.74) is 25.2. The lowest BCUT2D eigenvalue weighted by Gasteiger charge is -2.21. The maximum Gasteiger partial charge on any atom is 0.416 e. The molecular formula is C90H86F3N13O8S4. The topological polar surface area (TPSA) is 260 Å². The van der Waals surface area contributed by atoms with E-state index in [0.29, 0.717) is 46.6 Å². The third-order valence-corrected chi connectivity index (χ3v) is 28.4. The van der Waals surface area contributed by atoms with Crippen molar-refractivity contribution < 1.29 is 46.8 Å². The highest BCUT2D eigenvalue weighted by Gasteiger charge is 2.34. The zero-order valence-electron chi connectivity index (χ0n) is 65.2. The molecule has 7 aromatic carbocycles. The van der Waals surface area contributed by atoms with Gasteiger partial charge in [0.1, 0.15) is 0 Å². The summed E-state index contributed by atoms with van der Waals surface area (Å²) in [6, 6.07) is 55.8. The molecule has 0 saturated heterocycles. The van der Waals surface area contributed by atoms with E-state index < -0.39 is 51.8 Å². The number of fused-ring (bicyclic) bond motifs is 4. The summed E-state index contributed by atoms with van der Waals surface area (Å²) < 4.78 is 152. The zero-order valence-corrected chi connectivity index (χ0v) is 68.4. The third kappa shape index (κ3) is 16.9. The van der Waals surface area contributed by atoms with Crippen molar-refractivity contribution in [2.24, 2.45) is 0 Å². The van der Waals surface area contributed by atoms with Gasteiger partial charge in [0.05, 0.1) is 41.7 Å². The fraction of sp³-hybridized carbons (Fsp3) is 0.189. The molecule has 0 radical (unpaired) electrons. The second-order valence-corrected chi connectivity index (χ2v) is 36.9. The molecule has 0 atom stereocenters. The van der Waals surface area contributed by atoms with E-state index in [4.69, 9.17) is 11.5 Å². The average Bonchev–Trinajstić information content (AvgIpc) is 1.59. The van der Waals surface area contributed by atoms with E-state index >= 15 is 0 Å². The molecule has 14 aromatic rings. The van der Waals surface area contributed by atoms with Crippen LogP contribution >= 0.6 is 0 Å². The van der Waals surface area contributed by atoms with Gasteiger partial charge < -0.3 is 31.1 Å². The second kappa shape index (κ2) is 33.6. The van der Waals surface area contributed by atoms with Crippen molar-refractivity contribution in [1.82, 2.24) is 50.4 Å². The Bertz CT molecular complexity index is 6720. The Morgan fingerprint density at radius 2 is 0.703 bits per heavy atom. The van der Waals surface area contributed by atoms with Gasteiger partial charge in [-0.3, -0.25) is 9.97 Å². The lowest BCUT2D eigenvalue weighted by molar-refractivity contribution is -0.137. The lowest BCUT2D eigenvalue weighted by atomic mass is 9.97. The molecule has 18 rings (SSSR count). The predicted molar refractivity (Wildman–Crippen MR) is 462 cm³/mol. The standard InChI is InChI=1S/2C25H23N3O2S.C21H20F3N3O2S.C19H20N4O2S/c1-27-14-11-19(12-15-27)24-18-28(31(29,30)22-7-3-2-4-8-22)25-10-9-20(16-23(24)25)21-6-5-13-26-17-21;1-27-14-11-19(12-15-27)24-18-28(31(29,30)22-7-3-2-4-8-22)25-16-20(9-10-23(24)25)21-6-5-13-26-17-21;1-26-10-8-14(9-11-26)19-13-27(30(28,29)17-5-3-16(25)4-6-17)20-7-2-15(12-18(19)20)21(22,23)24;1-22-11-8-14(9-12-22)18-13-23(19-17(18)3-2-10-21-19)26(24,25)16-6-4-15(20)5-7-16/h2*2-11,13,16-18H,12,14-15H2,1H3;2-8,12-13H,9-11,25H2,1H3;2-8,10,13H,9,11-12,20H2,1H3. The summed E-state index contributed by atoms with van der Waals surface area (Å²) in [4.78, 5) is 22.4. The quantitative estimate of drug-likeness (QED) is 0.0959. The molecule has 4 N–H and O–H groups in total. The summed E-state index contributed by atoms with van der Waals surface area (Å²) >= 11 is 0. The normalized spacial score (nSPS) is 15.6. The molecule has 0 unspecified atom stereocenters. The van der Waals surface area contributed by atoms with Gasteiger partial charge in [0.25, 0.3) is 40.1 Å². The number of alkyl halides is 3. The Balaban J connectivity index is 0.000000123. The first-order valence-corrected chi connectivity index (χ1v) is 44.0. The van der Waals surface area contributed by atoms with Crippen molar-refractivity contribution in [3.8, 4) is 22.3 Å². The number of aromatic nitrogens is 7. The van der Waals surface area contributed by atoms with Crippen LogP contribution in [0.15, 0.2) is 300 Å². The molecule has 0 spiro atoms. The van der Waals surface area contributed by atoms with E-state index in [0.717, 1.165) is 147 Å². The first-order chi connectivity index (χ1) is 56.6. The molecule has 4 aliphatic heterocycles. The average molecular weight is 1660 g/mol. The predicted octanol–water partition coefficient (Wildman–Crippen LogP) is 16.1. The van der Waals surface area contributed by atoms with E-state index in [1.54, 1.807) is 104 Å². The van der Waals surface area contributed by atoms with Crippen LogP contribution in [0.3, 0.4) is 0 Å². The lowest BCUT2D eigenvalue weighted by Crippen LogP contribution is -2.23. The number of nitrogens with zero attached hydrogens (tertiary/aromatic N) is 11. The number of nitrogens with two attached hydrogens (primary N) is 2. The first kappa shape index (κ1) is 81.3. The van der Waals surface area contributed by atoms with Crippen molar-refractivity contribution in [3.63, 3.8) is 0 Å². The van der Waals surface area contributed by atoms with Gasteiger partial charge in [-0.05, 0) is 221 Å². The van der Waals surface area contributed by atoms with Crippen molar-refractivity contribution >= 4 is 118 Å². The summed E-state index contributed by atoms with van der Waals surface area (Å²) in [5.74, 6) is 0. The summed E-state index contributed by atoms with van der Waals surface area (Å²) in [5, 5.41) is 3.00. The van der Waals surface area contributed by atoms with Gasteiger partial charge in [-0.2, -0.15) is 13.2 Å². The maximum absolute atomic E-state index is 13.6. The third-order valence-electron chi connectivity index (χ3n) is 21.7. The molecule has 0 saturated carbocycles. The Hall–Kier alpha value is -11.9. The molecule has 0 bridgehead atoms. The number of likely N-dealkylation sites (N-methyl/N-ethyl adjacent to an activating group) is 4. The molecule has 118 heavy (non-hydrogen) atoms. The van der Waals surface area contributed by atoms with Gasteiger partial charge in [-0.1, -0.05) is 91.0 Å². The zero-order chi connectivity index (χ0) is 82.8. The van der Waals surface area contributed by atoms with Gasteiger partial charge in [-0.15, -0.1) is 0 Å². The number of hydrogen-bond donors (Lipinski definition) is 2. The number of halogens is 3. The number of pyridine rings is 3. The molecule has 604 valence electrons. The SMILES string of the molecule is CN1CC=C(c2cn(S(=O)(=O)c3ccc(N)cc3)c3ccc(C(F)(F)F)cc23)CC1.CN1CC=C(c2cn(S(=O)(=O)c3ccc(N)cc3)c3ncccc23)CC1.CN1CC=C(c2cn(S(=O)(=O)c3ccccc3)c3cc(-c4cccnc4)ccc23)CC1.CN1CC=C(c2cn(S(=O)(=O)c3ccccc3)c3ccc(-c4cccnc4)cc23)CC1. The Labute approximate surface area is 684 Å². The van der Waals surface area contributed by atoms with E-state index in [2.05, 4.69) is 80.0 Å². The summed E-state index contributed by atoms with van der Waals surface area (Å²) in [6.45, 7) is 6.81. The monoisotopic (exact) mass is 1660 g/mol. The number of rotatable bonds is 14. The number of benzene rings is 7. The molecular weight excluding hydrogens is 1580 g/mol. The Morgan fingerprint density at radius 1 is 0.339 bits per heavy atom. The molecule has 28 heteroatoms. The summed E-state index contributed by atoms with van der Waals surface area (Å²) in [7, 11) is -6.99. The van der Waals surface area contributed by atoms with Crippen molar-refractivity contribution in [2.45, 2.75) is 51.4 Å². The van der Waals surface area contributed by atoms with Crippen molar-refractivity contribution in [3.05, 3.63) is 308 Å². The van der Waals surface area contributed by atoms with Crippen LogP contribution in [0, 0.1) is 0 Å².